The van der Waals surface area contributed by atoms with E-state index in [4.69, 9.17) is 44.0 Å². The Balaban J connectivity index is 2.13. The summed E-state index contributed by atoms with van der Waals surface area (Å²) in [5, 5.41) is 2.75. The summed E-state index contributed by atoms with van der Waals surface area (Å²) in [6, 6.07) is 3.19. The SMILES string of the molecule is C[C@@H]1C[NH+]([C@@H](NC(=O)c2ccco2)C(Cl)(Cl)Cl)C[C@H](C)O1. The largest absolute Gasteiger partial charge is 0.459 e. The third-order valence-electron chi connectivity index (χ3n) is 3.32. The number of carbonyl (C=O) groups excluding carboxylic acids is 1. The summed E-state index contributed by atoms with van der Waals surface area (Å²) in [5.74, 6) is -0.223. The van der Waals surface area contributed by atoms with Crippen LogP contribution >= 0.6 is 34.8 Å². The highest BCUT2D eigenvalue weighted by molar-refractivity contribution is 6.68. The zero-order valence-electron chi connectivity index (χ0n) is 11.7. The molecule has 2 N–H and O–H groups in total. The number of nitrogens with one attached hydrogen (secondary N) is 2. The van der Waals surface area contributed by atoms with Gasteiger partial charge in [0, 0.05) is 0 Å². The van der Waals surface area contributed by atoms with Crippen molar-refractivity contribution >= 4 is 40.7 Å². The highest BCUT2D eigenvalue weighted by Crippen LogP contribution is 2.28. The van der Waals surface area contributed by atoms with Crippen molar-refractivity contribution in [1.29, 1.82) is 0 Å². The highest BCUT2D eigenvalue weighted by atomic mass is 35.6. The third kappa shape index (κ3) is 4.50. The van der Waals surface area contributed by atoms with Gasteiger partial charge in [-0.3, -0.25) is 10.1 Å². The van der Waals surface area contributed by atoms with E-state index in [0.29, 0.717) is 13.1 Å². The van der Waals surface area contributed by atoms with Gasteiger partial charge in [0.25, 0.3) is 9.70 Å². The van der Waals surface area contributed by atoms with E-state index in [0.717, 1.165) is 4.90 Å². The quantitative estimate of drug-likeness (QED) is 0.805. The molecule has 1 aromatic heterocycles. The summed E-state index contributed by atoms with van der Waals surface area (Å²) in [7, 11) is 0. The number of ether oxygens (including phenoxy) is 1. The van der Waals surface area contributed by atoms with Gasteiger partial charge < -0.3 is 14.1 Å². The van der Waals surface area contributed by atoms with Gasteiger partial charge in [-0.1, -0.05) is 34.8 Å². The van der Waals surface area contributed by atoms with Gasteiger partial charge in [0.15, 0.2) is 5.76 Å². The van der Waals surface area contributed by atoms with E-state index in [1.165, 1.54) is 6.26 Å². The average Bonchev–Trinajstić information content (AvgIpc) is 2.86. The molecule has 1 aliphatic heterocycles. The summed E-state index contributed by atoms with van der Waals surface area (Å²) >= 11 is 18.2. The molecule has 0 bridgehead atoms. The van der Waals surface area contributed by atoms with Gasteiger partial charge >= 0.3 is 0 Å². The van der Waals surface area contributed by atoms with E-state index in [1.807, 2.05) is 13.8 Å². The van der Waals surface area contributed by atoms with Gasteiger partial charge in [-0.25, -0.2) is 0 Å². The van der Waals surface area contributed by atoms with Crippen LogP contribution in [0.2, 0.25) is 0 Å². The fourth-order valence-electron chi connectivity index (χ4n) is 2.58. The van der Waals surface area contributed by atoms with Crippen LogP contribution in [0.3, 0.4) is 0 Å². The Morgan fingerprint density at radius 1 is 1.38 bits per heavy atom. The van der Waals surface area contributed by atoms with Gasteiger partial charge in [-0.15, -0.1) is 0 Å². The van der Waals surface area contributed by atoms with Crippen LogP contribution in [0, 0.1) is 0 Å². The summed E-state index contributed by atoms with van der Waals surface area (Å²) in [6.45, 7) is 5.20. The molecule has 1 fully saturated rings. The summed E-state index contributed by atoms with van der Waals surface area (Å²) in [5.41, 5.74) is 0. The molecule has 2 heterocycles. The first-order valence-electron chi connectivity index (χ1n) is 6.68. The number of halogens is 3. The first-order valence-corrected chi connectivity index (χ1v) is 7.82. The Kier molecular flexibility index (Phi) is 5.43. The molecule has 118 valence electrons. The van der Waals surface area contributed by atoms with Crippen LogP contribution in [0.25, 0.3) is 0 Å². The average molecular weight is 357 g/mol. The zero-order chi connectivity index (χ0) is 15.6. The molecule has 1 aliphatic rings. The topological polar surface area (TPSA) is 55.9 Å². The molecule has 21 heavy (non-hydrogen) atoms. The number of morpholine rings is 1. The molecule has 1 saturated heterocycles. The van der Waals surface area contributed by atoms with Crippen molar-refractivity contribution in [2.24, 2.45) is 0 Å². The number of quaternary nitrogens is 1. The molecule has 1 unspecified atom stereocenters. The zero-order valence-corrected chi connectivity index (χ0v) is 14.0. The molecule has 0 spiro atoms. The highest BCUT2D eigenvalue weighted by Gasteiger charge is 2.45. The second kappa shape index (κ2) is 6.75. The second-order valence-electron chi connectivity index (χ2n) is 5.25. The minimum Gasteiger partial charge on any atom is -0.459 e. The molecule has 8 heteroatoms. The predicted octanol–water partition coefficient (Wildman–Crippen LogP) is 1.40. The van der Waals surface area contributed by atoms with E-state index in [2.05, 4.69) is 5.32 Å². The molecular formula is C13H18Cl3N2O3+. The van der Waals surface area contributed by atoms with Crippen molar-refractivity contribution in [2.45, 2.75) is 36.0 Å². The molecular weight excluding hydrogens is 339 g/mol. The maximum Gasteiger partial charge on any atom is 0.291 e. The lowest BCUT2D eigenvalue weighted by Gasteiger charge is -2.39. The standard InChI is InChI=1S/C13H17Cl3N2O3/c1-8-6-18(7-9(2)21-8)12(13(14,15)16)17-11(19)10-4-3-5-20-10/h3-5,8-9,12H,6-7H2,1-2H3,(H,17,19)/p+1/t8-,9+,12-/m1/s1. The van der Waals surface area contributed by atoms with Gasteiger partial charge in [0.05, 0.1) is 6.26 Å². The Bertz CT molecular complexity index is 466. The normalized spacial score (nSPS) is 28.1. The lowest BCUT2D eigenvalue weighted by molar-refractivity contribution is -0.941. The second-order valence-corrected chi connectivity index (χ2v) is 7.62. The first-order chi connectivity index (χ1) is 9.77. The third-order valence-corrected chi connectivity index (χ3v) is 3.97. The lowest BCUT2D eigenvalue weighted by atomic mass is 10.2. The van der Waals surface area contributed by atoms with Crippen LogP contribution in [0.4, 0.5) is 0 Å². The molecule has 2 rings (SSSR count). The van der Waals surface area contributed by atoms with E-state index in [-0.39, 0.29) is 18.0 Å². The molecule has 4 atom stereocenters. The Morgan fingerprint density at radius 2 is 2.00 bits per heavy atom. The maximum absolute atomic E-state index is 12.1. The number of rotatable bonds is 3. The number of carbonyl (C=O) groups is 1. The maximum atomic E-state index is 12.1. The van der Waals surface area contributed by atoms with Crippen LogP contribution in [0.5, 0.6) is 0 Å². The fourth-order valence-corrected chi connectivity index (χ4v) is 3.20. The predicted molar refractivity (Wildman–Crippen MR) is 81.0 cm³/mol. The van der Waals surface area contributed by atoms with Crippen LogP contribution in [0.15, 0.2) is 22.8 Å². The lowest BCUT2D eigenvalue weighted by Crippen LogP contribution is -3.22. The van der Waals surface area contributed by atoms with Gasteiger partial charge in [0.2, 0.25) is 6.17 Å². The van der Waals surface area contributed by atoms with E-state index in [9.17, 15) is 4.79 Å². The summed E-state index contributed by atoms with van der Waals surface area (Å²) < 4.78 is 9.11. The summed E-state index contributed by atoms with van der Waals surface area (Å²) in [4.78, 5) is 13.1. The Morgan fingerprint density at radius 3 is 2.48 bits per heavy atom. The van der Waals surface area contributed by atoms with Crippen molar-refractivity contribution in [3.8, 4) is 0 Å². The minimum atomic E-state index is -1.63. The Hall–Kier alpha value is -0.460. The van der Waals surface area contributed by atoms with Gasteiger partial charge in [-0.05, 0) is 26.0 Å². The van der Waals surface area contributed by atoms with Crippen LogP contribution in [-0.4, -0.2) is 41.2 Å². The fraction of sp³-hybridized carbons (Fsp3) is 0.615. The van der Waals surface area contributed by atoms with Crippen molar-refractivity contribution in [3.63, 3.8) is 0 Å². The van der Waals surface area contributed by atoms with E-state index in [1.54, 1.807) is 12.1 Å². The molecule has 0 aliphatic carbocycles. The minimum absolute atomic E-state index is 0.0270. The molecule has 0 saturated carbocycles. The van der Waals surface area contributed by atoms with E-state index < -0.39 is 15.9 Å². The van der Waals surface area contributed by atoms with Crippen LogP contribution in [0.1, 0.15) is 24.4 Å². The van der Waals surface area contributed by atoms with Crippen molar-refractivity contribution in [1.82, 2.24) is 5.32 Å². The first kappa shape index (κ1) is 16.9. The molecule has 1 amide bonds. The molecule has 5 nitrogen and oxygen atoms in total. The monoisotopic (exact) mass is 355 g/mol. The number of hydrogen-bond acceptors (Lipinski definition) is 3. The van der Waals surface area contributed by atoms with E-state index >= 15 is 0 Å². The Labute approximate surface area is 138 Å². The molecule has 1 aromatic rings. The van der Waals surface area contributed by atoms with Gasteiger partial charge in [-0.2, -0.15) is 0 Å². The number of furan rings is 1. The van der Waals surface area contributed by atoms with Crippen molar-refractivity contribution < 1.29 is 18.8 Å². The molecule has 0 radical (unpaired) electrons. The molecule has 0 aromatic carbocycles. The van der Waals surface area contributed by atoms with Gasteiger partial charge in [0.1, 0.15) is 25.3 Å². The number of alkyl halides is 3. The van der Waals surface area contributed by atoms with Crippen LogP contribution < -0.4 is 10.2 Å². The van der Waals surface area contributed by atoms with Crippen molar-refractivity contribution in [3.05, 3.63) is 24.2 Å². The number of hydrogen-bond donors (Lipinski definition) is 2. The smallest absolute Gasteiger partial charge is 0.291 e. The van der Waals surface area contributed by atoms with Crippen LogP contribution in [-0.2, 0) is 4.74 Å². The summed E-state index contributed by atoms with van der Waals surface area (Å²) in [6.07, 6.45) is 0.789. The van der Waals surface area contributed by atoms with Crippen molar-refractivity contribution in [2.75, 3.05) is 13.1 Å². The number of amides is 1.